The Labute approximate surface area is 97.8 Å². The predicted octanol–water partition coefficient (Wildman–Crippen LogP) is 3.64. The Hall–Kier alpha value is -1.08. The molecule has 0 heterocycles. The molecule has 0 aliphatic heterocycles. The highest BCUT2D eigenvalue weighted by Crippen LogP contribution is 2.39. The fourth-order valence-electron chi connectivity index (χ4n) is 2.44. The second-order valence-corrected chi connectivity index (χ2v) is 5.37. The fourth-order valence-corrected chi connectivity index (χ4v) is 2.44. The minimum atomic E-state index is -0.290. The molecule has 1 aromatic carbocycles. The van der Waals surface area contributed by atoms with Crippen LogP contribution in [0.2, 0.25) is 0 Å². The van der Waals surface area contributed by atoms with Crippen molar-refractivity contribution in [2.75, 3.05) is 0 Å². The molecule has 0 radical (unpaired) electrons. The van der Waals surface area contributed by atoms with Crippen LogP contribution in [0.3, 0.4) is 0 Å². The van der Waals surface area contributed by atoms with Gasteiger partial charge < -0.3 is 5.11 Å². The molecule has 1 atom stereocenters. The van der Waals surface area contributed by atoms with Crippen LogP contribution in [-0.4, -0.2) is 11.2 Å². The predicted molar refractivity (Wildman–Crippen MR) is 68.1 cm³/mol. The van der Waals surface area contributed by atoms with Crippen molar-refractivity contribution in [1.82, 2.24) is 0 Å². The van der Waals surface area contributed by atoms with Gasteiger partial charge in [0.25, 0.3) is 0 Å². The zero-order chi connectivity index (χ0) is 11.6. The maximum atomic E-state index is 10.3. The molecule has 1 aliphatic carbocycles. The first-order valence-corrected chi connectivity index (χ1v) is 6.03. The second kappa shape index (κ2) is 4.42. The van der Waals surface area contributed by atoms with Crippen molar-refractivity contribution in [2.24, 2.45) is 5.41 Å². The van der Waals surface area contributed by atoms with E-state index in [1.807, 2.05) is 18.2 Å². The molecule has 1 heteroatoms. The molecular weight excluding hydrogens is 196 g/mol. The first-order valence-electron chi connectivity index (χ1n) is 6.03. The molecule has 1 unspecified atom stereocenters. The van der Waals surface area contributed by atoms with Crippen molar-refractivity contribution in [1.29, 1.82) is 0 Å². The Balaban J connectivity index is 2.24. The van der Waals surface area contributed by atoms with Gasteiger partial charge in [-0.15, -0.1) is 0 Å². The summed E-state index contributed by atoms with van der Waals surface area (Å²) in [6.45, 7) is 4.30. The van der Waals surface area contributed by atoms with Crippen LogP contribution in [-0.2, 0) is 0 Å². The van der Waals surface area contributed by atoms with E-state index >= 15 is 0 Å². The largest absolute Gasteiger partial charge is 0.388 e. The third-order valence-electron chi connectivity index (χ3n) is 3.53. The van der Waals surface area contributed by atoms with E-state index < -0.39 is 0 Å². The molecule has 1 nitrogen and oxygen atoms in total. The molecule has 2 rings (SSSR count). The highest BCUT2D eigenvalue weighted by molar-refractivity contribution is 5.54. The molecule has 1 fully saturated rings. The van der Waals surface area contributed by atoms with Crippen molar-refractivity contribution in [3.63, 3.8) is 0 Å². The van der Waals surface area contributed by atoms with E-state index in [0.717, 1.165) is 12.8 Å². The van der Waals surface area contributed by atoms with Gasteiger partial charge >= 0.3 is 0 Å². The van der Waals surface area contributed by atoms with E-state index in [1.54, 1.807) is 0 Å². The lowest BCUT2D eigenvalue weighted by molar-refractivity contribution is 0.0547. The van der Waals surface area contributed by atoms with E-state index in [-0.39, 0.29) is 11.5 Å². The summed E-state index contributed by atoms with van der Waals surface area (Å²) < 4.78 is 0. The van der Waals surface area contributed by atoms with E-state index in [2.05, 4.69) is 32.1 Å². The van der Waals surface area contributed by atoms with Crippen molar-refractivity contribution in [3.05, 3.63) is 41.5 Å². The number of hydrogen-bond acceptors (Lipinski definition) is 1. The van der Waals surface area contributed by atoms with E-state index in [0.29, 0.717) is 0 Å². The first kappa shape index (κ1) is 11.4. The minimum Gasteiger partial charge on any atom is -0.388 e. The summed E-state index contributed by atoms with van der Waals surface area (Å²) in [6, 6.07) is 10.3. The van der Waals surface area contributed by atoms with Gasteiger partial charge in [0.2, 0.25) is 0 Å². The van der Waals surface area contributed by atoms with Gasteiger partial charge in [-0.1, -0.05) is 50.3 Å². The molecule has 0 bridgehead atoms. The molecule has 1 N–H and O–H groups in total. The number of aliphatic hydroxyl groups excluding tert-OH is 1. The number of hydrogen-bond donors (Lipinski definition) is 1. The van der Waals surface area contributed by atoms with Crippen molar-refractivity contribution < 1.29 is 5.11 Å². The Morgan fingerprint density at radius 1 is 1.25 bits per heavy atom. The molecule has 0 amide bonds. The summed E-state index contributed by atoms with van der Waals surface area (Å²) in [6.07, 6.45) is 5.18. The average molecular weight is 216 g/mol. The highest BCUT2D eigenvalue weighted by atomic mass is 16.3. The molecule has 1 saturated carbocycles. The Bertz CT molecular complexity index is 376. The van der Waals surface area contributed by atoms with Gasteiger partial charge in [0.15, 0.2) is 0 Å². The lowest BCUT2D eigenvalue weighted by atomic mass is 9.72. The summed E-state index contributed by atoms with van der Waals surface area (Å²) in [5.74, 6) is 0. The molecular formula is C15H20O. The van der Waals surface area contributed by atoms with Crippen molar-refractivity contribution >= 4 is 6.08 Å². The molecule has 1 aromatic rings. The summed E-state index contributed by atoms with van der Waals surface area (Å²) >= 11 is 0. The third-order valence-corrected chi connectivity index (χ3v) is 3.53. The standard InChI is InChI=1S/C15H20O/c1-15(2)10-6-9-13(14(15)16)11-12-7-4-3-5-8-12/h3-5,7-8,11,14,16H,6,9-10H2,1-2H3/b13-11+. The maximum absolute atomic E-state index is 10.3. The third kappa shape index (κ3) is 2.35. The summed E-state index contributed by atoms with van der Waals surface area (Å²) in [5.41, 5.74) is 2.40. The number of rotatable bonds is 1. The van der Waals surface area contributed by atoms with E-state index in [9.17, 15) is 5.11 Å². The van der Waals surface area contributed by atoms with Crippen LogP contribution in [0.25, 0.3) is 6.08 Å². The summed E-state index contributed by atoms with van der Waals surface area (Å²) in [4.78, 5) is 0. The van der Waals surface area contributed by atoms with Crippen molar-refractivity contribution in [3.8, 4) is 0 Å². The zero-order valence-corrected chi connectivity index (χ0v) is 10.1. The molecule has 1 aliphatic rings. The van der Waals surface area contributed by atoms with Crippen LogP contribution in [0.1, 0.15) is 38.7 Å². The van der Waals surface area contributed by atoms with Gasteiger partial charge in [0.1, 0.15) is 0 Å². The second-order valence-electron chi connectivity index (χ2n) is 5.37. The van der Waals surface area contributed by atoms with E-state index in [1.165, 1.54) is 17.6 Å². The maximum Gasteiger partial charge on any atom is 0.0804 e. The topological polar surface area (TPSA) is 20.2 Å². The molecule has 0 aromatic heterocycles. The van der Waals surface area contributed by atoms with E-state index in [4.69, 9.17) is 0 Å². The van der Waals surface area contributed by atoms with Crippen molar-refractivity contribution in [2.45, 2.75) is 39.2 Å². The van der Waals surface area contributed by atoms with Gasteiger partial charge in [0.05, 0.1) is 6.10 Å². The van der Waals surface area contributed by atoms with Crippen LogP contribution >= 0.6 is 0 Å². The molecule has 16 heavy (non-hydrogen) atoms. The van der Waals surface area contributed by atoms with Crippen LogP contribution < -0.4 is 0 Å². The zero-order valence-electron chi connectivity index (χ0n) is 10.1. The van der Waals surface area contributed by atoms with Crippen LogP contribution in [0, 0.1) is 5.41 Å². The van der Waals surface area contributed by atoms with Crippen LogP contribution in [0.15, 0.2) is 35.9 Å². The van der Waals surface area contributed by atoms with Gasteiger partial charge in [-0.3, -0.25) is 0 Å². The Kier molecular flexibility index (Phi) is 3.15. The summed E-state index contributed by atoms with van der Waals surface area (Å²) in [7, 11) is 0. The van der Waals surface area contributed by atoms with Gasteiger partial charge in [-0.2, -0.15) is 0 Å². The molecule has 86 valence electrons. The lowest BCUT2D eigenvalue weighted by Crippen LogP contribution is -2.34. The van der Waals surface area contributed by atoms with Gasteiger partial charge in [0, 0.05) is 0 Å². The van der Waals surface area contributed by atoms with Gasteiger partial charge in [-0.25, -0.2) is 0 Å². The lowest BCUT2D eigenvalue weighted by Gasteiger charge is -2.37. The molecule has 0 spiro atoms. The summed E-state index contributed by atoms with van der Waals surface area (Å²) in [5, 5.41) is 10.3. The van der Waals surface area contributed by atoms with Crippen LogP contribution in [0.4, 0.5) is 0 Å². The Morgan fingerprint density at radius 2 is 1.94 bits per heavy atom. The normalized spacial score (nSPS) is 26.9. The van der Waals surface area contributed by atoms with Crippen LogP contribution in [0.5, 0.6) is 0 Å². The smallest absolute Gasteiger partial charge is 0.0804 e. The van der Waals surface area contributed by atoms with Gasteiger partial charge in [-0.05, 0) is 35.8 Å². The SMILES string of the molecule is CC1(C)CCC/C(=C\c2ccccc2)C1O. The first-order chi connectivity index (χ1) is 7.59. The monoisotopic (exact) mass is 216 g/mol. The molecule has 0 saturated heterocycles. The quantitative estimate of drug-likeness (QED) is 0.760. The highest BCUT2D eigenvalue weighted by Gasteiger charge is 2.33. The fraction of sp³-hybridized carbons (Fsp3) is 0.467. The minimum absolute atomic E-state index is 0.0267. The number of benzene rings is 1. The number of aliphatic hydroxyl groups is 1. The Morgan fingerprint density at radius 3 is 2.62 bits per heavy atom. The average Bonchev–Trinajstić information content (AvgIpc) is 2.26.